The van der Waals surface area contributed by atoms with Gasteiger partial charge in [-0.1, -0.05) is 0 Å². The van der Waals surface area contributed by atoms with Crippen LogP contribution in [-0.2, 0) is 48.7 Å². The third kappa shape index (κ3) is 6.72. The minimum atomic E-state index is -1.01. The number of carbonyl (C=O) groups excluding carboxylic acids is 2. The van der Waals surface area contributed by atoms with Gasteiger partial charge in [0, 0.05) is 61.9 Å². The van der Waals surface area contributed by atoms with Gasteiger partial charge in [0.25, 0.3) is 0 Å². The molecule has 4 N–H and O–H groups in total. The first-order valence-electron chi connectivity index (χ1n) is 8.70. The number of aromatic amines is 1. The molecule has 2 aromatic rings. The summed E-state index contributed by atoms with van der Waals surface area (Å²) in [6.07, 6.45) is 0.180. The predicted molar refractivity (Wildman–Crippen MR) is 108 cm³/mol. The number of rotatable bonds is 5. The summed E-state index contributed by atoms with van der Waals surface area (Å²) < 4.78 is 5.27. The summed E-state index contributed by atoms with van der Waals surface area (Å²) in [6.45, 7) is 15.8. The van der Waals surface area contributed by atoms with E-state index in [-0.39, 0.29) is 39.1 Å². The van der Waals surface area contributed by atoms with Crippen LogP contribution in [0.1, 0.15) is 26.3 Å². The predicted octanol–water partition coefficient (Wildman–Crippen LogP) is 2.88. The molecule has 153 valence electrons. The van der Waals surface area contributed by atoms with Crippen LogP contribution in [0.5, 0.6) is 0 Å². The number of carbonyl (C=O) groups is 2. The molecule has 0 aliphatic carbocycles. The Labute approximate surface area is 196 Å². The fourth-order valence-electron chi connectivity index (χ4n) is 2.65. The van der Waals surface area contributed by atoms with Crippen LogP contribution in [0.25, 0.3) is 15.7 Å². The van der Waals surface area contributed by atoms with E-state index in [4.69, 9.17) is 17.0 Å². The van der Waals surface area contributed by atoms with Gasteiger partial charge in [0.05, 0.1) is 0 Å². The SMILES string of the molecule is [C-]#[N+]C([CH2-])N([CH2-])C(=O)C(Cc1c[nH]c2ccc(N)cc12)NC(=O)OC(C)(C)C.[Y]. The quantitative estimate of drug-likeness (QED) is 0.460. The Bertz CT molecular complexity index is 913. The van der Waals surface area contributed by atoms with Gasteiger partial charge >= 0.3 is 6.09 Å². The summed E-state index contributed by atoms with van der Waals surface area (Å²) in [5.41, 5.74) is 7.38. The van der Waals surface area contributed by atoms with Gasteiger partial charge in [-0.15, -0.1) is 0 Å². The number of nitrogens with two attached hydrogens (primary N) is 1. The van der Waals surface area contributed by atoms with Crippen molar-refractivity contribution in [2.45, 2.75) is 45.0 Å². The van der Waals surface area contributed by atoms with Gasteiger partial charge in [-0.3, -0.25) is 4.79 Å². The minimum absolute atomic E-state index is 0. The maximum Gasteiger partial charge on any atom is 0.408 e. The van der Waals surface area contributed by atoms with Crippen molar-refractivity contribution in [2.75, 3.05) is 5.73 Å². The standard InChI is InChI=1S/C20H25N5O3.Y/c1-12(22-5)25(6)18(26)17(24-19(27)28-20(2,3)4)9-13-11-23-16-8-7-14(21)10-15(13)16;/h7-8,10-12,17,23H,1,6,9,21H2,2-4H3,(H,24,27);/q-2;. The van der Waals surface area contributed by atoms with E-state index in [1.807, 2.05) is 6.07 Å². The Kier molecular flexibility index (Phi) is 8.67. The second kappa shape index (κ2) is 10.1. The molecule has 8 nitrogen and oxygen atoms in total. The normalized spacial score (nSPS) is 13.0. The van der Waals surface area contributed by atoms with Crippen molar-refractivity contribution in [1.29, 1.82) is 0 Å². The summed E-state index contributed by atoms with van der Waals surface area (Å²) in [5, 5.41) is 3.43. The monoisotopic (exact) mass is 472 g/mol. The van der Waals surface area contributed by atoms with Crippen molar-refractivity contribution in [1.82, 2.24) is 15.2 Å². The molecule has 0 bridgehead atoms. The summed E-state index contributed by atoms with van der Waals surface area (Å²) in [7, 11) is 3.60. The molecule has 2 unspecified atom stereocenters. The van der Waals surface area contributed by atoms with Crippen LogP contribution in [0.3, 0.4) is 0 Å². The first-order valence-corrected chi connectivity index (χ1v) is 8.70. The molecule has 2 atom stereocenters. The zero-order valence-corrected chi connectivity index (χ0v) is 19.7. The smallest absolute Gasteiger partial charge is 0.408 e. The van der Waals surface area contributed by atoms with Crippen LogP contribution in [0.15, 0.2) is 24.4 Å². The molecule has 1 radical (unpaired) electrons. The van der Waals surface area contributed by atoms with Crippen molar-refractivity contribution in [3.63, 3.8) is 0 Å². The number of nitrogens with one attached hydrogen (secondary N) is 2. The van der Waals surface area contributed by atoms with Crippen LogP contribution in [0, 0.1) is 20.5 Å². The minimum Gasteiger partial charge on any atom is -0.454 e. The average molecular weight is 472 g/mol. The number of amides is 2. The van der Waals surface area contributed by atoms with Gasteiger partial charge in [0.15, 0.2) is 6.17 Å². The van der Waals surface area contributed by atoms with Gasteiger partial charge in [-0.05, 0) is 44.5 Å². The number of alkyl carbamates (subject to hydrolysis) is 1. The molecular weight excluding hydrogens is 447 g/mol. The fraction of sp³-hybridized carbons (Fsp3) is 0.350. The van der Waals surface area contributed by atoms with Crippen molar-refractivity contribution < 1.29 is 47.0 Å². The number of nitrogens with zero attached hydrogens (tertiary/aromatic N) is 2. The van der Waals surface area contributed by atoms with E-state index in [9.17, 15) is 9.59 Å². The van der Waals surface area contributed by atoms with E-state index in [1.54, 1.807) is 39.1 Å². The molecule has 2 rings (SSSR count). The first-order chi connectivity index (χ1) is 13.0. The molecule has 0 saturated carbocycles. The number of anilines is 1. The van der Waals surface area contributed by atoms with E-state index in [0.717, 1.165) is 21.4 Å². The van der Waals surface area contributed by atoms with Crippen LogP contribution < -0.4 is 11.1 Å². The van der Waals surface area contributed by atoms with E-state index in [2.05, 4.69) is 29.1 Å². The maximum atomic E-state index is 12.8. The van der Waals surface area contributed by atoms with E-state index in [1.165, 1.54) is 0 Å². The molecular formula is C20H25N5O3Y-2. The number of hydrogen-bond donors (Lipinski definition) is 3. The van der Waals surface area contributed by atoms with Crippen LogP contribution in [0.4, 0.5) is 10.5 Å². The van der Waals surface area contributed by atoms with E-state index in [0.29, 0.717) is 5.69 Å². The van der Waals surface area contributed by atoms with Crippen molar-refractivity contribution >= 4 is 28.6 Å². The average Bonchev–Trinajstić information content (AvgIpc) is 2.99. The fourth-order valence-corrected chi connectivity index (χ4v) is 2.65. The molecule has 9 heteroatoms. The number of hydrogen-bond acceptors (Lipinski definition) is 4. The molecule has 1 aromatic carbocycles. The van der Waals surface area contributed by atoms with Crippen LogP contribution in [0.2, 0.25) is 0 Å². The molecule has 0 spiro atoms. The van der Waals surface area contributed by atoms with Crippen molar-refractivity contribution in [3.05, 3.63) is 55.3 Å². The zero-order valence-electron chi connectivity index (χ0n) is 16.9. The third-order valence-corrected chi connectivity index (χ3v) is 4.00. The summed E-state index contributed by atoms with van der Waals surface area (Å²) >= 11 is 0. The third-order valence-electron chi connectivity index (χ3n) is 4.00. The van der Waals surface area contributed by atoms with Crippen LogP contribution >= 0.6 is 0 Å². The summed E-state index contributed by atoms with van der Waals surface area (Å²) in [4.78, 5) is 32.4. The summed E-state index contributed by atoms with van der Waals surface area (Å²) in [5.74, 6) is -0.542. The van der Waals surface area contributed by atoms with Gasteiger partial charge < -0.3 is 30.5 Å². The van der Waals surface area contributed by atoms with Crippen molar-refractivity contribution in [2.24, 2.45) is 0 Å². The number of ether oxygens (including phenoxy) is 1. The largest absolute Gasteiger partial charge is 0.454 e. The zero-order chi connectivity index (χ0) is 21.1. The van der Waals surface area contributed by atoms with E-state index >= 15 is 0 Å². The Morgan fingerprint density at radius 3 is 2.66 bits per heavy atom. The van der Waals surface area contributed by atoms with Gasteiger partial charge in [-0.2, -0.15) is 0 Å². The first kappa shape index (κ1) is 24.9. The van der Waals surface area contributed by atoms with Gasteiger partial charge in [0.1, 0.15) is 11.6 Å². The van der Waals surface area contributed by atoms with Crippen LogP contribution in [-0.4, -0.2) is 39.7 Å². The summed E-state index contributed by atoms with van der Waals surface area (Å²) in [6, 6.07) is 4.41. The number of aromatic nitrogens is 1. The number of benzene rings is 1. The molecule has 1 aromatic heterocycles. The topological polar surface area (TPSA) is 105 Å². The Morgan fingerprint density at radius 2 is 2.07 bits per heavy atom. The molecule has 0 fully saturated rings. The number of fused-ring (bicyclic) bond motifs is 1. The maximum absolute atomic E-state index is 12.8. The Hall–Kier alpha value is -2.11. The molecule has 29 heavy (non-hydrogen) atoms. The second-order valence-corrected chi connectivity index (χ2v) is 7.44. The van der Waals surface area contributed by atoms with Gasteiger partial charge in [-0.25, -0.2) is 25.3 Å². The Balaban J connectivity index is 0.00000420. The Morgan fingerprint density at radius 1 is 1.41 bits per heavy atom. The molecule has 2 amide bonds. The number of H-pyrrole nitrogens is 1. The van der Waals surface area contributed by atoms with Gasteiger partial charge in [0.2, 0.25) is 5.91 Å². The van der Waals surface area contributed by atoms with Crippen molar-refractivity contribution in [3.8, 4) is 0 Å². The molecule has 1 heterocycles. The molecule has 0 aliphatic rings. The molecule has 0 aliphatic heterocycles. The number of nitrogen functional groups attached to an aromatic ring is 1. The molecule has 0 saturated heterocycles. The van der Waals surface area contributed by atoms with E-state index < -0.39 is 29.8 Å². The second-order valence-electron chi connectivity index (χ2n) is 7.44.